The Labute approximate surface area is 184 Å². The van der Waals surface area contributed by atoms with Crippen molar-refractivity contribution in [2.24, 2.45) is 28.6 Å². The van der Waals surface area contributed by atoms with Crippen LogP contribution in [0.15, 0.2) is 35.4 Å². The fourth-order valence-corrected chi connectivity index (χ4v) is 3.52. The number of nitrogens with two attached hydrogens (primary N) is 1. The molecule has 0 aliphatic carbocycles. The second kappa shape index (κ2) is 13.6. The van der Waals surface area contributed by atoms with Gasteiger partial charge in [-0.3, -0.25) is 14.4 Å². The molecule has 0 unspecified atom stereocenters. The molecule has 8 heteroatoms. The third-order valence-corrected chi connectivity index (χ3v) is 5.02. The summed E-state index contributed by atoms with van der Waals surface area (Å²) in [7, 11) is 0. The molecule has 1 amide bonds. The van der Waals surface area contributed by atoms with Crippen molar-refractivity contribution in [2.45, 2.75) is 65.5 Å². The number of carbonyl (C=O) groups is 3. The number of benzene rings is 1. The molecule has 8 nitrogen and oxygen atoms in total. The molecule has 0 fully saturated rings. The van der Waals surface area contributed by atoms with Crippen molar-refractivity contribution < 1.29 is 14.4 Å². The van der Waals surface area contributed by atoms with E-state index in [1.807, 2.05) is 58.0 Å². The standard InChI is InChI=1S/C23H35N5O3/c1-15(2)10-18(23(31)26-19(11-16(3)4)22(30)14-24)13-21(29)20(27-28-25)12-17-8-6-5-7-9-17/h5-9,15-16,18-20H,10-14,24H2,1-4H3,(H,26,31)/t18-,19+,20+/m1/s1. The number of ketones is 2. The zero-order chi connectivity index (χ0) is 23.4. The zero-order valence-corrected chi connectivity index (χ0v) is 19.0. The molecule has 31 heavy (non-hydrogen) atoms. The number of nitrogens with one attached hydrogen (secondary N) is 1. The summed E-state index contributed by atoms with van der Waals surface area (Å²) < 4.78 is 0. The number of hydrogen-bond acceptors (Lipinski definition) is 5. The number of carbonyl (C=O) groups excluding carboxylic acids is 3. The topological polar surface area (TPSA) is 138 Å². The monoisotopic (exact) mass is 429 g/mol. The lowest BCUT2D eigenvalue weighted by atomic mass is 9.88. The first-order valence-electron chi connectivity index (χ1n) is 10.8. The highest BCUT2D eigenvalue weighted by atomic mass is 16.2. The van der Waals surface area contributed by atoms with E-state index in [0.717, 1.165) is 5.56 Å². The largest absolute Gasteiger partial charge is 0.346 e. The molecule has 1 aromatic carbocycles. The van der Waals surface area contributed by atoms with Crippen LogP contribution >= 0.6 is 0 Å². The molecule has 0 aliphatic heterocycles. The van der Waals surface area contributed by atoms with Gasteiger partial charge in [0, 0.05) is 17.3 Å². The van der Waals surface area contributed by atoms with Crippen molar-refractivity contribution in [3.8, 4) is 0 Å². The smallest absolute Gasteiger partial charge is 0.224 e. The fraction of sp³-hybridized carbons (Fsp3) is 0.609. The lowest BCUT2D eigenvalue weighted by Gasteiger charge is -2.24. The van der Waals surface area contributed by atoms with Crippen LogP contribution in [0.5, 0.6) is 0 Å². The zero-order valence-electron chi connectivity index (χ0n) is 19.0. The van der Waals surface area contributed by atoms with Crippen molar-refractivity contribution >= 4 is 17.5 Å². The molecule has 0 bridgehead atoms. The summed E-state index contributed by atoms with van der Waals surface area (Å²) in [4.78, 5) is 41.0. The van der Waals surface area contributed by atoms with Crippen molar-refractivity contribution in [1.82, 2.24) is 5.32 Å². The first kappa shape index (κ1) is 26.3. The van der Waals surface area contributed by atoms with Crippen LogP contribution in [0.4, 0.5) is 0 Å². The molecule has 0 heterocycles. The van der Waals surface area contributed by atoms with E-state index < -0.39 is 18.0 Å². The number of Topliss-reactive ketones (excluding diaryl/α,β-unsaturated/α-hetero) is 2. The van der Waals surface area contributed by atoms with E-state index in [1.54, 1.807) is 0 Å². The fourth-order valence-electron chi connectivity index (χ4n) is 3.52. The van der Waals surface area contributed by atoms with Gasteiger partial charge in [-0.15, -0.1) is 0 Å². The Bertz CT molecular complexity index is 773. The van der Waals surface area contributed by atoms with Crippen LogP contribution in [0.25, 0.3) is 10.4 Å². The van der Waals surface area contributed by atoms with Crippen LogP contribution in [0.1, 0.15) is 52.5 Å². The molecular weight excluding hydrogens is 394 g/mol. The van der Waals surface area contributed by atoms with Gasteiger partial charge in [0.15, 0.2) is 5.78 Å². The van der Waals surface area contributed by atoms with Crippen molar-refractivity contribution in [3.63, 3.8) is 0 Å². The van der Waals surface area contributed by atoms with E-state index in [2.05, 4.69) is 15.3 Å². The van der Waals surface area contributed by atoms with Crippen LogP contribution in [-0.2, 0) is 20.8 Å². The first-order valence-corrected chi connectivity index (χ1v) is 10.8. The molecule has 0 spiro atoms. The molecule has 1 rings (SSSR count). The maximum absolute atomic E-state index is 13.0. The van der Waals surface area contributed by atoms with E-state index in [0.29, 0.717) is 12.8 Å². The number of nitrogens with zero attached hydrogens (tertiary/aromatic N) is 3. The number of amides is 1. The second-order valence-electron chi connectivity index (χ2n) is 8.77. The summed E-state index contributed by atoms with van der Waals surface area (Å²) >= 11 is 0. The molecule has 3 N–H and O–H groups in total. The average molecular weight is 430 g/mol. The normalized spacial score (nSPS) is 13.9. The van der Waals surface area contributed by atoms with Gasteiger partial charge in [0.2, 0.25) is 5.91 Å². The average Bonchev–Trinajstić information content (AvgIpc) is 2.71. The number of hydrogen-bond donors (Lipinski definition) is 2. The Morgan fingerprint density at radius 1 is 1.03 bits per heavy atom. The molecular formula is C23H35N5O3. The van der Waals surface area contributed by atoms with E-state index in [1.165, 1.54) is 0 Å². The Balaban J connectivity index is 2.97. The summed E-state index contributed by atoms with van der Waals surface area (Å²) in [5.41, 5.74) is 15.3. The molecule has 0 aromatic heterocycles. The van der Waals surface area contributed by atoms with Crippen molar-refractivity contribution in [3.05, 3.63) is 46.3 Å². The van der Waals surface area contributed by atoms with Crippen LogP contribution < -0.4 is 11.1 Å². The van der Waals surface area contributed by atoms with Crippen molar-refractivity contribution in [2.75, 3.05) is 6.54 Å². The van der Waals surface area contributed by atoms with Gasteiger partial charge in [-0.05, 0) is 42.2 Å². The minimum atomic E-state index is -0.882. The molecule has 170 valence electrons. The Hall–Kier alpha value is -2.70. The predicted molar refractivity (Wildman–Crippen MR) is 121 cm³/mol. The van der Waals surface area contributed by atoms with Gasteiger partial charge >= 0.3 is 0 Å². The van der Waals surface area contributed by atoms with Crippen LogP contribution in [0, 0.1) is 17.8 Å². The summed E-state index contributed by atoms with van der Waals surface area (Å²) in [6, 6.07) is 7.75. The third-order valence-electron chi connectivity index (χ3n) is 5.02. The van der Waals surface area contributed by atoms with E-state index >= 15 is 0 Å². The predicted octanol–water partition coefficient (Wildman–Crippen LogP) is 3.59. The van der Waals surface area contributed by atoms with E-state index in [4.69, 9.17) is 11.3 Å². The highest BCUT2D eigenvalue weighted by Gasteiger charge is 2.30. The van der Waals surface area contributed by atoms with Gasteiger partial charge in [0.25, 0.3) is 0 Å². The minimum absolute atomic E-state index is 0.0499. The molecule has 0 radical (unpaired) electrons. The summed E-state index contributed by atoms with van der Waals surface area (Å²) in [6.45, 7) is 7.71. The van der Waals surface area contributed by atoms with Gasteiger partial charge in [-0.2, -0.15) is 0 Å². The molecule has 0 saturated carbocycles. The van der Waals surface area contributed by atoms with Crippen LogP contribution in [0.2, 0.25) is 0 Å². The lowest BCUT2D eigenvalue weighted by molar-refractivity contribution is -0.133. The SMILES string of the molecule is CC(C)C[C@H](CC(=O)[C@H](Cc1ccccc1)N=[N+]=[N-])C(=O)N[C@@H](CC(C)C)C(=O)CN. The highest BCUT2D eigenvalue weighted by molar-refractivity contribution is 5.93. The van der Waals surface area contributed by atoms with E-state index in [-0.39, 0.29) is 48.7 Å². The lowest BCUT2D eigenvalue weighted by Crippen LogP contribution is -2.47. The Morgan fingerprint density at radius 2 is 1.65 bits per heavy atom. The first-order chi connectivity index (χ1) is 14.7. The molecule has 3 atom stereocenters. The van der Waals surface area contributed by atoms with Gasteiger partial charge in [0.05, 0.1) is 12.6 Å². The second-order valence-corrected chi connectivity index (χ2v) is 8.77. The highest BCUT2D eigenvalue weighted by Crippen LogP contribution is 2.20. The Morgan fingerprint density at radius 3 is 2.16 bits per heavy atom. The number of rotatable bonds is 14. The Kier molecular flexibility index (Phi) is 11.5. The summed E-state index contributed by atoms with van der Waals surface area (Å²) in [5.74, 6) is -1.09. The van der Waals surface area contributed by atoms with Gasteiger partial charge in [0.1, 0.15) is 11.8 Å². The van der Waals surface area contributed by atoms with Gasteiger partial charge < -0.3 is 11.1 Å². The number of azide groups is 1. The van der Waals surface area contributed by atoms with Crippen LogP contribution in [-0.4, -0.2) is 36.1 Å². The van der Waals surface area contributed by atoms with Crippen molar-refractivity contribution in [1.29, 1.82) is 0 Å². The molecule has 0 saturated heterocycles. The summed E-state index contributed by atoms with van der Waals surface area (Å²) in [6.07, 6.45) is 1.20. The van der Waals surface area contributed by atoms with Gasteiger partial charge in [-0.1, -0.05) is 63.1 Å². The maximum Gasteiger partial charge on any atom is 0.224 e. The summed E-state index contributed by atoms with van der Waals surface area (Å²) in [5, 5.41) is 6.49. The third kappa shape index (κ3) is 9.77. The van der Waals surface area contributed by atoms with E-state index in [9.17, 15) is 14.4 Å². The molecule has 1 aromatic rings. The van der Waals surface area contributed by atoms with Gasteiger partial charge in [-0.25, -0.2) is 0 Å². The minimum Gasteiger partial charge on any atom is -0.346 e. The molecule has 0 aliphatic rings. The maximum atomic E-state index is 13.0. The van der Waals surface area contributed by atoms with Crippen LogP contribution in [0.3, 0.4) is 0 Å². The quantitative estimate of drug-likeness (QED) is 0.265.